The van der Waals surface area contributed by atoms with Crippen molar-refractivity contribution in [3.8, 4) is 6.07 Å². The fourth-order valence-electron chi connectivity index (χ4n) is 3.93. The summed E-state index contributed by atoms with van der Waals surface area (Å²) in [5, 5.41) is 13.0. The summed E-state index contributed by atoms with van der Waals surface area (Å²) in [7, 11) is 0. The summed E-state index contributed by atoms with van der Waals surface area (Å²) in [6.45, 7) is 19.0. The second-order valence-corrected chi connectivity index (χ2v) is 15.6. The normalized spacial score (nSPS) is 23.0. The summed E-state index contributed by atoms with van der Waals surface area (Å²) >= 11 is 0. The molecule has 1 aromatic carbocycles. The third-order valence-corrected chi connectivity index (χ3v) is 6.87. The Kier molecular flexibility index (Phi) is 12.1. The van der Waals surface area contributed by atoms with Gasteiger partial charge >= 0.3 is 23.9 Å². The van der Waals surface area contributed by atoms with Crippen molar-refractivity contribution in [3.05, 3.63) is 35.6 Å². The van der Waals surface area contributed by atoms with Crippen LogP contribution in [0.5, 0.6) is 0 Å². The predicted molar refractivity (Wildman–Crippen MR) is 165 cm³/mol. The lowest BCUT2D eigenvalue weighted by Crippen LogP contribution is -2.66. The fourth-order valence-corrected chi connectivity index (χ4v) is 3.93. The van der Waals surface area contributed by atoms with E-state index in [2.05, 4.69) is 5.32 Å². The van der Waals surface area contributed by atoms with Crippen molar-refractivity contribution in [2.45, 2.75) is 120 Å². The molecule has 6 atom stereocenters. The summed E-state index contributed by atoms with van der Waals surface area (Å²) < 4.78 is 44.5. The summed E-state index contributed by atoms with van der Waals surface area (Å²) in [6, 6.07) is 6.27. The van der Waals surface area contributed by atoms with Crippen molar-refractivity contribution in [3.63, 3.8) is 0 Å². The molecule has 1 N–H and O–H groups in total. The Hall–Kier alpha value is -3.56. The first-order valence-electron chi connectivity index (χ1n) is 15.2. The highest BCUT2D eigenvalue weighted by Crippen LogP contribution is 2.34. The number of nitriles is 1. The van der Waals surface area contributed by atoms with Gasteiger partial charge < -0.3 is 23.7 Å². The van der Waals surface area contributed by atoms with Crippen LogP contribution in [0.15, 0.2) is 24.3 Å². The van der Waals surface area contributed by atoms with Gasteiger partial charge in [0.25, 0.3) is 0 Å². The molecule has 0 aliphatic carbocycles. The van der Waals surface area contributed by atoms with E-state index in [-0.39, 0.29) is 5.56 Å². The molecule has 1 fully saturated rings. The van der Waals surface area contributed by atoms with Crippen molar-refractivity contribution < 1.29 is 47.3 Å². The van der Waals surface area contributed by atoms with Gasteiger partial charge in [-0.3, -0.25) is 24.5 Å². The molecule has 1 aliphatic heterocycles. The maximum absolute atomic E-state index is 14.8. The highest BCUT2D eigenvalue weighted by Gasteiger charge is 2.55. The van der Waals surface area contributed by atoms with Crippen LogP contribution in [0.3, 0.4) is 0 Å². The third-order valence-electron chi connectivity index (χ3n) is 6.87. The van der Waals surface area contributed by atoms with Crippen LogP contribution in [-0.4, -0.2) is 61.1 Å². The molecule has 0 aromatic heterocycles. The SMILES string of the molecule is CC(C)(C)C(=O)OCC1O[C@@H](NC(C#N)c2ccccc2F)C(OC(=O)C(C)(C)C)[C@H](OC(=O)C(C)(C)C)[C@@H]1OC(=O)C(C)(C)C. The quantitative estimate of drug-likeness (QED) is 0.294. The Balaban J connectivity index is 2.77. The molecule has 0 amide bonds. The van der Waals surface area contributed by atoms with E-state index in [4.69, 9.17) is 23.7 Å². The zero-order valence-electron chi connectivity index (χ0n) is 29.0. The molecular formula is C34H49FN2O9. The van der Waals surface area contributed by atoms with Crippen LogP contribution in [-0.2, 0) is 42.9 Å². The van der Waals surface area contributed by atoms with E-state index < -0.39 is 94.6 Å². The van der Waals surface area contributed by atoms with Gasteiger partial charge in [-0.15, -0.1) is 0 Å². The minimum Gasteiger partial charge on any atom is -0.462 e. The number of ether oxygens (including phenoxy) is 5. The molecule has 0 saturated carbocycles. The third kappa shape index (κ3) is 10.2. The fraction of sp³-hybridized carbons (Fsp3) is 0.676. The van der Waals surface area contributed by atoms with Crippen molar-refractivity contribution in [1.82, 2.24) is 5.32 Å². The second kappa shape index (κ2) is 14.5. The molecular weight excluding hydrogens is 599 g/mol. The van der Waals surface area contributed by atoms with Crippen molar-refractivity contribution >= 4 is 23.9 Å². The van der Waals surface area contributed by atoms with Crippen molar-refractivity contribution in [2.24, 2.45) is 21.7 Å². The summed E-state index contributed by atoms with van der Waals surface area (Å²) in [6.07, 6.45) is -7.16. The lowest BCUT2D eigenvalue weighted by atomic mass is 9.92. The van der Waals surface area contributed by atoms with Gasteiger partial charge in [0.2, 0.25) is 0 Å². The number of benzene rings is 1. The Labute approximate surface area is 271 Å². The van der Waals surface area contributed by atoms with Gasteiger partial charge in [0, 0.05) is 5.56 Å². The van der Waals surface area contributed by atoms with Crippen LogP contribution in [0.1, 0.15) is 94.7 Å². The molecule has 3 unspecified atom stereocenters. The number of halogens is 1. The molecule has 11 nitrogen and oxygen atoms in total. The Morgan fingerprint density at radius 2 is 1.20 bits per heavy atom. The number of carbonyl (C=O) groups excluding carboxylic acids is 4. The van der Waals surface area contributed by atoms with Crippen molar-refractivity contribution in [2.75, 3.05) is 6.61 Å². The zero-order valence-corrected chi connectivity index (χ0v) is 29.0. The summed E-state index contributed by atoms with van der Waals surface area (Å²) in [5.74, 6) is -3.40. The van der Waals surface area contributed by atoms with Gasteiger partial charge in [-0.1, -0.05) is 18.2 Å². The lowest BCUT2D eigenvalue weighted by Gasteiger charge is -2.46. The molecule has 1 heterocycles. The van der Waals surface area contributed by atoms with Gasteiger partial charge in [-0.2, -0.15) is 5.26 Å². The minimum atomic E-state index is -1.51. The monoisotopic (exact) mass is 648 g/mol. The molecule has 1 aliphatic rings. The number of hydrogen-bond donors (Lipinski definition) is 1. The predicted octanol–water partition coefficient (Wildman–Crippen LogP) is 5.17. The standard InChI is InChI=1S/C34H49FN2O9/c1-31(2,3)27(38)42-18-22-23(44-28(39)32(4,5)6)24(45-29(40)33(7,8)9)25(46-30(41)34(10,11)12)26(43-22)37-21(17-36)19-15-13-14-16-20(19)35/h13-16,21-26,37H,18H2,1-12H3/t21?,22?,23-,24-,25?,26-/m1/s1. The van der Waals surface area contributed by atoms with Gasteiger partial charge in [-0.25, -0.2) is 4.39 Å². The topological polar surface area (TPSA) is 150 Å². The Bertz CT molecular complexity index is 1310. The molecule has 2 rings (SSSR count). The van der Waals surface area contributed by atoms with E-state index >= 15 is 0 Å². The largest absolute Gasteiger partial charge is 0.462 e. The number of carbonyl (C=O) groups is 4. The van der Waals surface area contributed by atoms with Crippen LogP contribution in [0.4, 0.5) is 4.39 Å². The maximum Gasteiger partial charge on any atom is 0.311 e. The number of hydrogen-bond acceptors (Lipinski definition) is 11. The summed E-state index contributed by atoms with van der Waals surface area (Å²) in [5.41, 5.74) is -4.03. The molecule has 0 bridgehead atoms. The second-order valence-electron chi connectivity index (χ2n) is 15.6. The van der Waals surface area contributed by atoms with E-state index in [9.17, 15) is 28.8 Å². The number of esters is 4. The first kappa shape index (κ1) is 38.6. The van der Waals surface area contributed by atoms with Crippen LogP contribution in [0.2, 0.25) is 0 Å². The molecule has 256 valence electrons. The number of nitrogens with one attached hydrogen (secondary N) is 1. The van der Waals surface area contributed by atoms with E-state index in [1.165, 1.54) is 18.2 Å². The minimum absolute atomic E-state index is 0.0188. The van der Waals surface area contributed by atoms with Gasteiger partial charge in [0.05, 0.1) is 27.7 Å². The summed E-state index contributed by atoms with van der Waals surface area (Å²) in [4.78, 5) is 52.8. The van der Waals surface area contributed by atoms with E-state index in [0.717, 1.165) is 0 Å². The van der Waals surface area contributed by atoms with Crippen LogP contribution < -0.4 is 5.32 Å². The molecule has 1 saturated heterocycles. The average Bonchev–Trinajstić information content (AvgIpc) is 2.91. The number of nitrogens with zero attached hydrogens (tertiary/aromatic N) is 1. The number of rotatable bonds is 8. The van der Waals surface area contributed by atoms with Crippen LogP contribution in [0.25, 0.3) is 0 Å². The maximum atomic E-state index is 14.8. The highest BCUT2D eigenvalue weighted by atomic mass is 19.1. The van der Waals surface area contributed by atoms with Crippen LogP contribution in [0, 0.1) is 38.8 Å². The molecule has 0 spiro atoms. The van der Waals surface area contributed by atoms with Gasteiger partial charge in [0.15, 0.2) is 24.5 Å². The first-order valence-corrected chi connectivity index (χ1v) is 15.2. The van der Waals surface area contributed by atoms with E-state index in [0.29, 0.717) is 0 Å². The lowest BCUT2D eigenvalue weighted by molar-refractivity contribution is -0.265. The Morgan fingerprint density at radius 1 is 0.761 bits per heavy atom. The van der Waals surface area contributed by atoms with E-state index in [1.54, 1.807) is 89.2 Å². The highest BCUT2D eigenvalue weighted by molar-refractivity contribution is 5.78. The van der Waals surface area contributed by atoms with Gasteiger partial charge in [-0.05, 0) is 89.2 Å². The molecule has 12 heteroatoms. The molecule has 0 radical (unpaired) electrons. The molecule has 1 aromatic rings. The van der Waals surface area contributed by atoms with Crippen molar-refractivity contribution in [1.29, 1.82) is 5.26 Å². The van der Waals surface area contributed by atoms with Crippen LogP contribution >= 0.6 is 0 Å². The first-order chi connectivity index (χ1) is 20.9. The van der Waals surface area contributed by atoms with Gasteiger partial charge in [0.1, 0.15) is 24.6 Å². The smallest absolute Gasteiger partial charge is 0.311 e. The molecule has 46 heavy (non-hydrogen) atoms. The Morgan fingerprint density at radius 3 is 1.63 bits per heavy atom. The zero-order chi connectivity index (χ0) is 35.4. The average molecular weight is 649 g/mol. The van der Waals surface area contributed by atoms with E-state index in [1.807, 2.05) is 6.07 Å².